The Labute approximate surface area is 113 Å². The summed E-state index contributed by atoms with van der Waals surface area (Å²) in [4.78, 5) is 8.62. The quantitative estimate of drug-likeness (QED) is 0.941. The molecule has 1 fully saturated rings. The second-order valence-corrected chi connectivity index (χ2v) is 5.16. The summed E-state index contributed by atoms with van der Waals surface area (Å²) >= 11 is 3.35. The minimum Gasteiger partial charge on any atom is -0.351 e. The molecule has 1 N–H and O–H groups in total. The Kier molecular flexibility index (Phi) is 2.99. The van der Waals surface area contributed by atoms with E-state index in [9.17, 15) is 4.39 Å². The van der Waals surface area contributed by atoms with Crippen LogP contribution < -0.4 is 5.32 Å². The molecule has 0 radical (unpaired) electrons. The van der Waals surface area contributed by atoms with E-state index in [2.05, 4.69) is 31.2 Å². The van der Waals surface area contributed by atoms with Crippen molar-refractivity contribution in [3.63, 3.8) is 0 Å². The highest BCUT2D eigenvalue weighted by Crippen LogP contribution is 2.28. The predicted octanol–water partition coefficient (Wildman–Crippen LogP) is 3.62. The smallest absolute Gasteiger partial charge is 0.223 e. The standard InChI is InChI=1S/C13H11BrFN3/c14-11-7-8(15)1-4-10(11)12-5-6-16-13(18-12)17-9-2-3-9/h1,4-7,9H,2-3H2,(H,16,17,18). The van der Waals surface area contributed by atoms with Gasteiger partial charge in [-0.2, -0.15) is 0 Å². The summed E-state index contributed by atoms with van der Waals surface area (Å²) in [5.41, 5.74) is 1.64. The summed E-state index contributed by atoms with van der Waals surface area (Å²) in [5, 5.41) is 3.25. The lowest BCUT2D eigenvalue weighted by molar-refractivity contribution is 0.627. The molecule has 0 atom stereocenters. The number of nitrogens with one attached hydrogen (secondary N) is 1. The minimum absolute atomic E-state index is 0.268. The van der Waals surface area contributed by atoms with Gasteiger partial charge in [-0.25, -0.2) is 14.4 Å². The molecule has 5 heteroatoms. The molecule has 0 bridgehead atoms. The van der Waals surface area contributed by atoms with Crippen molar-refractivity contribution in [3.05, 3.63) is 40.8 Å². The molecule has 0 aliphatic heterocycles. The van der Waals surface area contributed by atoms with Crippen LogP contribution in [-0.4, -0.2) is 16.0 Å². The van der Waals surface area contributed by atoms with Crippen molar-refractivity contribution >= 4 is 21.9 Å². The molecule has 3 rings (SSSR count). The molecule has 0 amide bonds. The fraction of sp³-hybridized carbons (Fsp3) is 0.231. The summed E-state index contributed by atoms with van der Waals surface area (Å²) in [6.45, 7) is 0. The summed E-state index contributed by atoms with van der Waals surface area (Å²) in [5.74, 6) is 0.363. The third kappa shape index (κ3) is 2.51. The van der Waals surface area contributed by atoms with Crippen LogP contribution in [0.4, 0.5) is 10.3 Å². The minimum atomic E-state index is -0.268. The fourth-order valence-electron chi connectivity index (χ4n) is 1.69. The van der Waals surface area contributed by atoms with E-state index in [-0.39, 0.29) is 5.82 Å². The zero-order valence-electron chi connectivity index (χ0n) is 9.53. The highest BCUT2D eigenvalue weighted by atomic mass is 79.9. The number of hydrogen-bond donors (Lipinski definition) is 1. The maximum Gasteiger partial charge on any atom is 0.223 e. The van der Waals surface area contributed by atoms with Crippen LogP contribution in [0.3, 0.4) is 0 Å². The van der Waals surface area contributed by atoms with Crippen molar-refractivity contribution in [1.29, 1.82) is 0 Å². The maximum atomic E-state index is 13.0. The fourth-order valence-corrected chi connectivity index (χ4v) is 2.24. The molecular formula is C13H11BrFN3. The van der Waals surface area contributed by atoms with Gasteiger partial charge >= 0.3 is 0 Å². The van der Waals surface area contributed by atoms with Crippen molar-refractivity contribution in [2.45, 2.75) is 18.9 Å². The van der Waals surface area contributed by atoms with Gasteiger partial charge in [-0.3, -0.25) is 0 Å². The third-order valence-electron chi connectivity index (χ3n) is 2.77. The average Bonchev–Trinajstić information content (AvgIpc) is 3.13. The zero-order valence-corrected chi connectivity index (χ0v) is 11.1. The number of rotatable bonds is 3. The summed E-state index contributed by atoms with van der Waals surface area (Å²) < 4.78 is 13.7. The van der Waals surface area contributed by atoms with Crippen LogP contribution in [0.1, 0.15) is 12.8 Å². The lowest BCUT2D eigenvalue weighted by Crippen LogP contribution is -2.05. The van der Waals surface area contributed by atoms with Crippen LogP contribution in [0.15, 0.2) is 34.9 Å². The van der Waals surface area contributed by atoms with Gasteiger partial charge in [-0.1, -0.05) is 0 Å². The van der Waals surface area contributed by atoms with E-state index in [0.29, 0.717) is 16.5 Å². The van der Waals surface area contributed by atoms with Crippen molar-refractivity contribution < 1.29 is 4.39 Å². The van der Waals surface area contributed by atoms with Gasteiger partial charge in [0, 0.05) is 22.3 Å². The van der Waals surface area contributed by atoms with Crippen molar-refractivity contribution in [2.75, 3.05) is 5.32 Å². The SMILES string of the molecule is Fc1ccc(-c2ccnc(NC3CC3)n2)c(Br)c1. The second-order valence-electron chi connectivity index (χ2n) is 4.31. The van der Waals surface area contributed by atoms with Gasteiger partial charge in [-0.15, -0.1) is 0 Å². The van der Waals surface area contributed by atoms with Crippen LogP contribution in [0.5, 0.6) is 0 Å². The van der Waals surface area contributed by atoms with Crippen LogP contribution in [0, 0.1) is 5.82 Å². The van der Waals surface area contributed by atoms with E-state index in [1.165, 1.54) is 25.0 Å². The number of halogens is 2. The maximum absolute atomic E-state index is 13.0. The first-order valence-corrected chi connectivity index (χ1v) is 6.57. The number of nitrogens with zero attached hydrogens (tertiary/aromatic N) is 2. The van der Waals surface area contributed by atoms with Gasteiger partial charge < -0.3 is 5.32 Å². The Morgan fingerprint density at radius 2 is 2.11 bits per heavy atom. The highest BCUT2D eigenvalue weighted by molar-refractivity contribution is 9.10. The molecule has 0 unspecified atom stereocenters. The van der Waals surface area contributed by atoms with Crippen LogP contribution in [0.25, 0.3) is 11.3 Å². The molecule has 92 valence electrons. The molecule has 2 aromatic rings. The van der Waals surface area contributed by atoms with Gasteiger partial charge in [0.1, 0.15) is 5.82 Å². The number of anilines is 1. The van der Waals surface area contributed by atoms with E-state index in [1.807, 2.05) is 6.07 Å². The molecule has 3 nitrogen and oxygen atoms in total. The Balaban J connectivity index is 1.94. The number of hydrogen-bond acceptors (Lipinski definition) is 3. The number of benzene rings is 1. The lowest BCUT2D eigenvalue weighted by Gasteiger charge is -2.07. The Bertz CT molecular complexity index is 584. The molecule has 1 aromatic carbocycles. The highest BCUT2D eigenvalue weighted by Gasteiger charge is 2.22. The third-order valence-corrected chi connectivity index (χ3v) is 3.43. The zero-order chi connectivity index (χ0) is 12.5. The van der Waals surface area contributed by atoms with E-state index >= 15 is 0 Å². The predicted molar refractivity (Wildman–Crippen MR) is 71.8 cm³/mol. The lowest BCUT2D eigenvalue weighted by atomic mass is 10.1. The van der Waals surface area contributed by atoms with E-state index in [0.717, 1.165) is 11.3 Å². The van der Waals surface area contributed by atoms with Gasteiger partial charge in [-0.05, 0) is 53.0 Å². The summed E-state index contributed by atoms with van der Waals surface area (Å²) in [6, 6.07) is 6.90. The van der Waals surface area contributed by atoms with Crippen LogP contribution in [0.2, 0.25) is 0 Å². The van der Waals surface area contributed by atoms with E-state index < -0.39 is 0 Å². The van der Waals surface area contributed by atoms with Gasteiger partial charge in [0.2, 0.25) is 5.95 Å². The summed E-state index contributed by atoms with van der Waals surface area (Å²) in [7, 11) is 0. The van der Waals surface area contributed by atoms with Gasteiger partial charge in [0.25, 0.3) is 0 Å². The summed E-state index contributed by atoms with van der Waals surface area (Å²) in [6.07, 6.45) is 4.06. The Hall–Kier alpha value is -1.49. The molecule has 1 aliphatic rings. The van der Waals surface area contributed by atoms with Crippen LogP contribution >= 0.6 is 15.9 Å². The topological polar surface area (TPSA) is 37.8 Å². The molecule has 0 spiro atoms. The Morgan fingerprint density at radius 3 is 2.83 bits per heavy atom. The molecule has 1 saturated carbocycles. The number of aromatic nitrogens is 2. The van der Waals surface area contributed by atoms with Crippen molar-refractivity contribution in [3.8, 4) is 11.3 Å². The monoisotopic (exact) mass is 307 g/mol. The molecular weight excluding hydrogens is 297 g/mol. The van der Waals surface area contributed by atoms with E-state index in [1.54, 1.807) is 12.3 Å². The molecule has 0 saturated heterocycles. The Morgan fingerprint density at radius 1 is 1.28 bits per heavy atom. The molecule has 1 heterocycles. The van der Waals surface area contributed by atoms with Gasteiger partial charge in [0.05, 0.1) is 5.69 Å². The first-order valence-electron chi connectivity index (χ1n) is 5.77. The van der Waals surface area contributed by atoms with E-state index in [4.69, 9.17) is 0 Å². The van der Waals surface area contributed by atoms with Gasteiger partial charge in [0.15, 0.2) is 0 Å². The second kappa shape index (κ2) is 4.65. The molecule has 1 aromatic heterocycles. The molecule has 1 aliphatic carbocycles. The first-order chi connectivity index (χ1) is 8.72. The molecule has 18 heavy (non-hydrogen) atoms. The normalized spacial score (nSPS) is 14.6. The van der Waals surface area contributed by atoms with Crippen LogP contribution in [-0.2, 0) is 0 Å². The largest absolute Gasteiger partial charge is 0.351 e. The van der Waals surface area contributed by atoms with Crippen molar-refractivity contribution in [2.24, 2.45) is 0 Å². The first kappa shape index (κ1) is 11.6. The average molecular weight is 308 g/mol. The van der Waals surface area contributed by atoms with Crippen molar-refractivity contribution in [1.82, 2.24) is 9.97 Å².